The van der Waals surface area contributed by atoms with Crippen molar-refractivity contribution < 1.29 is 14.6 Å². The molecule has 128 valence electrons. The third-order valence-corrected chi connectivity index (χ3v) is 4.38. The largest absolute Gasteiger partial charge is 0.497 e. The maximum atomic E-state index is 12.0. The lowest BCUT2D eigenvalue weighted by Gasteiger charge is -2.31. The fourth-order valence-corrected chi connectivity index (χ4v) is 2.87. The van der Waals surface area contributed by atoms with E-state index in [4.69, 9.17) is 4.74 Å². The Balaban J connectivity index is 1.69. The highest BCUT2D eigenvalue weighted by atomic mass is 16.5. The second kappa shape index (κ2) is 8.89. The zero-order valence-electron chi connectivity index (χ0n) is 14.1. The Morgan fingerprint density at radius 1 is 1.43 bits per heavy atom. The summed E-state index contributed by atoms with van der Waals surface area (Å²) < 4.78 is 5.15. The molecule has 1 atom stereocenters. The van der Waals surface area contributed by atoms with Crippen molar-refractivity contribution in [3.8, 4) is 5.75 Å². The van der Waals surface area contributed by atoms with Crippen LogP contribution in [-0.2, 0) is 11.2 Å². The van der Waals surface area contributed by atoms with Gasteiger partial charge in [-0.15, -0.1) is 0 Å². The Bertz CT molecular complexity index is 499. The average Bonchev–Trinajstić information content (AvgIpc) is 2.55. The number of rotatable bonds is 7. The standard InChI is InChI=1S/C18H28N2O3/c1-14-6-8-20(9-7-14)13-16(21)12-19-18(22)11-15-4-3-5-17(10-15)23-2/h3-5,10,14,16,21H,6-9,11-13H2,1-2H3,(H,19,22). The molecule has 1 aliphatic heterocycles. The Morgan fingerprint density at radius 2 is 2.17 bits per heavy atom. The van der Waals surface area contributed by atoms with Crippen molar-refractivity contribution >= 4 is 5.91 Å². The van der Waals surface area contributed by atoms with Gasteiger partial charge in [0.1, 0.15) is 5.75 Å². The van der Waals surface area contributed by atoms with Crippen molar-refractivity contribution in [3.05, 3.63) is 29.8 Å². The number of nitrogens with zero attached hydrogens (tertiary/aromatic N) is 1. The molecule has 1 aliphatic rings. The van der Waals surface area contributed by atoms with Crippen LogP contribution in [-0.4, -0.2) is 55.3 Å². The molecule has 1 heterocycles. The van der Waals surface area contributed by atoms with Crippen molar-refractivity contribution in [1.82, 2.24) is 10.2 Å². The molecule has 1 aromatic carbocycles. The van der Waals surface area contributed by atoms with Crippen LogP contribution in [0.25, 0.3) is 0 Å². The Kier molecular flexibility index (Phi) is 6.86. The second-order valence-corrected chi connectivity index (χ2v) is 6.47. The molecule has 2 N–H and O–H groups in total. The van der Waals surface area contributed by atoms with Gasteiger partial charge >= 0.3 is 0 Å². The number of aliphatic hydroxyl groups excluding tert-OH is 1. The van der Waals surface area contributed by atoms with E-state index in [9.17, 15) is 9.90 Å². The van der Waals surface area contributed by atoms with Gasteiger partial charge in [0.25, 0.3) is 0 Å². The van der Waals surface area contributed by atoms with E-state index < -0.39 is 6.10 Å². The number of hydrogen-bond donors (Lipinski definition) is 2. The molecule has 5 heteroatoms. The number of nitrogens with one attached hydrogen (secondary N) is 1. The summed E-state index contributed by atoms with van der Waals surface area (Å²) in [4.78, 5) is 14.3. The van der Waals surface area contributed by atoms with E-state index in [1.54, 1.807) is 7.11 Å². The van der Waals surface area contributed by atoms with Crippen molar-refractivity contribution in [1.29, 1.82) is 0 Å². The lowest BCUT2D eigenvalue weighted by atomic mass is 9.99. The number of methoxy groups -OCH3 is 1. The van der Waals surface area contributed by atoms with Gasteiger partial charge in [-0.1, -0.05) is 19.1 Å². The molecule has 1 fully saturated rings. The minimum atomic E-state index is -0.516. The number of amides is 1. The highest BCUT2D eigenvalue weighted by Gasteiger charge is 2.18. The van der Waals surface area contributed by atoms with E-state index in [-0.39, 0.29) is 5.91 Å². The van der Waals surface area contributed by atoms with E-state index in [2.05, 4.69) is 17.1 Å². The molecule has 23 heavy (non-hydrogen) atoms. The van der Waals surface area contributed by atoms with Gasteiger partial charge in [-0.25, -0.2) is 0 Å². The van der Waals surface area contributed by atoms with Crippen LogP contribution in [0.3, 0.4) is 0 Å². The third-order valence-electron chi connectivity index (χ3n) is 4.38. The van der Waals surface area contributed by atoms with Gasteiger partial charge < -0.3 is 20.1 Å². The Morgan fingerprint density at radius 3 is 2.87 bits per heavy atom. The summed E-state index contributed by atoms with van der Waals surface area (Å²) in [7, 11) is 1.61. The van der Waals surface area contributed by atoms with Crippen LogP contribution in [0.5, 0.6) is 5.75 Å². The number of likely N-dealkylation sites (tertiary alicyclic amines) is 1. The van der Waals surface area contributed by atoms with Gasteiger partial charge in [-0.2, -0.15) is 0 Å². The molecule has 0 spiro atoms. The maximum absolute atomic E-state index is 12.0. The quantitative estimate of drug-likeness (QED) is 0.798. The minimum Gasteiger partial charge on any atom is -0.497 e. The van der Waals surface area contributed by atoms with Gasteiger partial charge in [0, 0.05) is 13.1 Å². The van der Waals surface area contributed by atoms with Crippen LogP contribution in [0.15, 0.2) is 24.3 Å². The molecule has 1 amide bonds. The number of ether oxygens (including phenoxy) is 1. The van der Waals surface area contributed by atoms with Gasteiger partial charge in [0.05, 0.1) is 19.6 Å². The van der Waals surface area contributed by atoms with E-state index in [1.807, 2.05) is 24.3 Å². The van der Waals surface area contributed by atoms with Crippen LogP contribution in [0.4, 0.5) is 0 Å². The van der Waals surface area contributed by atoms with Crippen LogP contribution in [0.1, 0.15) is 25.3 Å². The van der Waals surface area contributed by atoms with Gasteiger partial charge in [0.2, 0.25) is 5.91 Å². The van der Waals surface area contributed by atoms with Crippen LogP contribution in [0, 0.1) is 5.92 Å². The summed E-state index contributed by atoms with van der Waals surface area (Å²) in [6, 6.07) is 7.47. The molecule has 1 saturated heterocycles. The first-order valence-corrected chi connectivity index (χ1v) is 8.37. The van der Waals surface area contributed by atoms with E-state index in [1.165, 1.54) is 12.8 Å². The zero-order chi connectivity index (χ0) is 16.7. The van der Waals surface area contributed by atoms with Crippen molar-refractivity contribution in [2.75, 3.05) is 33.3 Å². The van der Waals surface area contributed by atoms with Gasteiger partial charge in [-0.05, 0) is 49.5 Å². The fraction of sp³-hybridized carbons (Fsp3) is 0.611. The summed E-state index contributed by atoms with van der Waals surface area (Å²) in [5, 5.41) is 12.9. The summed E-state index contributed by atoms with van der Waals surface area (Å²) >= 11 is 0. The Hall–Kier alpha value is -1.59. The van der Waals surface area contributed by atoms with Gasteiger partial charge in [0.15, 0.2) is 0 Å². The number of aliphatic hydroxyl groups is 1. The highest BCUT2D eigenvalue weighted by molar-refractivity contribution is 5.78. The van der Waals surface area contributed by atoms with Crippen molar-refractivity contribution in [2.24, 2.45) is 5.92 Å². The predicted octanol–water partition coefficient (Wildman–Crippen LogP) is 1.45. The topological polar surface area (TPSA) is 61.8 Å². The fourth-order valence-electron chi connectivity index (χ4n) is 2.87. The molecule has 0 saturated carbocycles. The number of β-amino-alcohol motifs (C(OH)–C–C–N with tert-alkyl or cyclic N) is 1. The highest BCUT2D eigenvalue weighted by Crippen LogP contribution is 2.16. The number of carbonyl (C=O) groups is 1. The van der Waals surface area contributed by atoms with Crippen LogP contribution >= 0.6 is 0 Å². The third kappa shape index (κ3) is 6.20. The van der Waals surface area contributed by atoms with Crippen molar-refractivity contribution in [3.63, 3.8) is 0 Å². The normalized spacial score (nSPS) is 17.7. The average molecular weight is 320 g/mol. The molecular formula is C18H28N2O3. The van der Waals surface area contributed by atoms with E-state index in [0.29, 0.717) is 19.5 Å². The zero-order valence-corrected chi connectivity index (χ0v) is 14.1. The summed E-state index contributed by atoms with van der Waals surface area (Å²) in [6.45, 7) is 5.28. The first-order valence-electron chi connectivity index (χ1n) is 8.37. The molecule has 0 radical (unpaired) electrons. The molecule has 5 nitrogen and oxygen atoms in total. The first-order chi connectivity index (χ1) is 11.1. The number of benzene rings is 1. The molecule has 0 aliphatic carbocycles. The summed E-state index contributed by atoms with van der Waals surface area (Å²) in [6.07, 6.45) is 2.16. The van der Waals surface area contributed by atoms with Crippen LogP contribution in [0.2, 0.25) is 0 Å². The van der Waals surface area contributed by atoms with E-state index in [0.717, 1.165) is 30.3 Å². The predicted molar refractivity (Wildman–Crippen MR) is 90.6 cm³/mol. The monoisotopic (exact) mass is 320 g/mol. The molecule has 0 aromatic heterocycles. The Labute approximate surface area is 138 Å². The smallest absolute Gasteiger partial charge is 0.224 e. The second-order valence-electron chi connectivity index (χ2n) is 6.47. The van der Waals surface area contributed by atoms with Crippen molar-refractivity contribution in [2.45, 2.75) is 32.3 Å². The number of piperidine rings is 1. The molecule has 1 aromatic rings. The van der Waals surface area contributed by atoms with Crippen LogP contribution < -0.4 is 10.1 Å². The summed E-state index contributed by atoms with van der Waals surface area (Å²) in [5.74, 6) is 1.45. The minimum absolute atomic E-state index is 0.0791. The lowest BCUT2D eigenvalue weighted by Crippen LogP contribution is -2.43. The summed E-state index contributed by atoms with van der Waals surface area (Å²) in [5.41, 5.74) is 0.904. The molecule has 2 rings (SSSR count). The molecule has 0 bridgehead atoms. The maximum Gasteiger partial charge on any atom is 0.224 e. The number of carbonyl (C=O) groups excluding carboxylic acids is 1. The SMILES string of the molecule is COc1cccc(CC(=O)NCC(O)CN2CCC(C)CC2)c1. The molecular weight excluding hydrogens is 292 g/mol. The van der Waals surface area contributed by atoms with Gasteiger partial charge in [-0.3, -0.25) is 4.79 Å². The molecule has 1 unspecified atom stereocenters. The van der Waals surface area contributed by atoms with E-state index >= 15 is 0 Å². The lowest BCUT2D eigenvalue weighted by molar-refractivity contribution is -0.121. The number of hydrogen-bond acceptors (Lipinski definition) is 4. The first kappa shape index (κ1) is 17.8.